The van der Waals surface area contributed by atoms with Gasteiger partial charge in [-0.25, -0.2) is 4.79 Å². The number of ether oxygens (including phenoxy) is 2. The number of carboxylic acid groups (broad SMARTS) is 1. The Hall–Kier alpha value is -2.44. The fourth-order valence-corrected chi connectivity index (χ4v) is 2.20. The number of rotatable bonds is 9. The van der Waals surface area contributed by atoms with Crippen LogP contribution in [0, 0.1) is 12.3 Å². The summed E-state index contributed by atoms with van der Waals surface area (Å²) in [6, 6.07) is 3.37. The minimum atomic E-state index is -4.67. The number of aromatic carboxylic acids is 1. The molecule has 0 bridgehead atoms. The average molecular weight is 356 g/mol. The molecule has 6 nitrogen and oxygen atoms in total. The Morgan fingerprint density at radius 1 is 1.24 bits per heavy atom. The zero-order valence-corrected chi connectivity index (χ0v) is 13.0. The number of benzene rings is 1. The van der Waals surface area contributed by atoms with Gasteiger partial charge in [0.1, 0.15) is 6.61 Å². The summed E-state index contributed by atoms with van der Waals surface area (Å²) in [5.74, 6) is 1.06. The number of carbonyl (C=O) groups is 1. The highest BCUT2D eigenvalue weighted by Crippen LogP contribution is 2.52. The van der Waals surface area contributed by atoms with Crippen molar-refractivity contribution in [2.45, 2.75) is 18.3 Å². The summed E-state index contributed by atoms with van der Waals surface area (Å²) in [5, 5.41) is 15.4. The second kappa shape index (κ2) is 7.63. The summed E-state index contributed by atoms with van der Waals surface area (Å²) < 4.78 is 49.5. The molecule has 0 amide bonds. The van der Waals surface area contributed by atoms with E-state index in [2.05, 4.69) is 16.1 Å². The van der Waals surface area contributed by atoms with E-state index >= 15 is 0 Å². The second-order valence-corrected chi connectivity index (χ2v) is 5.17. The Bertz CT molecular complexity index is 704. The zero-order valence-electron chi connectivity index (χ0n) is 13.0. The van der Waals surface area contributed by atoms with E-state index in [9.17, 15) is 23.1 Å². The summed E-state index contributed by atoms with van der Waals surface area (Å²) in [6.07, 6.45) is 0.465. The van der Waals surface area contributed by atoms with E-state index in [1.54, 1.807) is 0 Å². The molecule has 1 aromatic carbocycles. The van der Waals surface area contributed by atoms with Crippen molar-refractivity contribution in [2.24, 2.45) is 10.2 Å². The van der Waals surface area contributed by atoms with Crippen LogP contribution in [-0.2, 0) is 21.6 Å². The maximum Gasteiger partial charge on any atom is 0.442 e. The van der Waals surface area contributed by atoms with Crippen LogP contribution in [0.3, 0.4) is 0 Å². The molecule has 134 valence electrons. The van der Waals surface area contributed by atoms with Crippen LogP contribution in [0.1, 0.15) is 21.5 Å². The molecule has 9 heteroatoms. The van der Waals surface area contributed by atoms with Crippen molar-refractivity contribution in [3.63, 3.8) is 0 Å². The Balaban J connectivity index is 2.04. The van der Waals surface area contributed by atoms with Crippen molar-refractivity contribution in [1.29, 1.82) is 0 Å². The number of carboxylic acids is 1. The Labute approximate surface area is 141 Å². The molecule has 0 fully saturated rings. The largest absolute Gasteiger partial charge is 0.478 e. The third-order valence-electron chi connectivity index (χ3n) is 3.51. The molecule has 25 heavy (non-hydrogen) atoms. The van der Waals surface area contributed by atoms with Gasteiger partial charge in [-0.05, 0) is 24.1 Å². The summed E-state index contributed by atoms with van der Waals surface area (Å²) in [7, 11) is 0. The quantitative estimate of drug-likeness (QED) is 0.545. The van der Waals surface area contributed by atoms with Crippen LogP contribution in [0.15, 0.2) is 28.4 Å². The van der Waals surface area contributed by atoms with Gasteiger partial charge >= 0.3 is 17.8 Å². The molecule has 1 heterocycles. The molecular weight excluding hydrogens is 341 g/mol. The molecule has 1 aliphatic rings. The molecular formula is C16H15F3N2O4. The lowest BCUT2D eigenvalue weighted by molar-refractivity contribution is -0.166. The summed E-state index contributed by atoms with van der Waals surface area (Å²) >= 11 is 0. The highest BCUT2D eigenvalue weighted by molar-refractivity contribution is 5.89. The minimum Gasteiger partial charge on any atom is -0.478 e. The van der Waals surface area contributed by atoms with Crippen molar-refractivity contribution >= 4 is 5.97 Å². The fraction of sp³-hybridized carbons (Fsp3) is 0.438. The average Bonchev–Trinajstić information content (AvgIpc) is 3.35. The van der Waals surface area contributed by atoms with Gasteiger partial charge in [0.2, 0.25) is 0 Å². The number of hydrogen-bond acceptors (Lipinski definition) is 5. The molecule has 0 saturated heterocycles. The van der Waals surface area contributed by atoms with E-state index in [-0.39, 0.29) is 49.5 Å². The van der Waals surface area contributed by atoms with E-state index in [4.69, 9.17) is 15.9 Å². The van der Waals surface area contributed by atoms with Crippen molar-refractivity contribution in [2.75, 3.05) is 26.4 Å². The van der Waals surface area contributed by atoms with Gasteiger partial charge in [-0.3, -0.25) is 0 Å². The third kappa shape index (κ3) is 4.35. The predicted molar refractivity (Wildman–Crippen MR) is 80.2 cm³/mol. The van der Waals surface area contributed by atoms with Crippen molar-refractivity contribution in [3.8, 4) is 12.3 Å². The van der Waals surface area contributed by atoms with E-state index in [1.807, 2.05) is 0 Å². The monoisotopic (exact) mass is 356 g/mol. The molecule has 1 aliphatic heterocycles. The van der Waals surface area contributed by atoms with Gasteiger partial charge in [0.05, 0.1) is 25.4 Å². The molecule has 1 N–H and O–H groups in total. The van der Waals surface area contributed by atoms with E-state index < -0.39 is 17.8 Å². The van der Waals surface area contributed by atoms with E-state index in [0.29, 0.717) is 0 Å². The van der Waals surface area contributed by atoms with Gasteiger partial charge in [0.15, 0.2) is 0 Å². The topological polar surface area (TPSA) is 80.5 Å². The van der Waals surface area contributed by atoms with Crippen molar-refractivity contribution in [1.82, 2.24) is 0 Å². The van der Waals surface area contributed by atoms with Crippen LogP contribution in [0.5, 0.6) is 0 Å². The molecule has 0 saturated carbocycles. The van der Waals surface area contributed by atoms with Crippen LogP contribution in [0.4, 0.5) is 13.2 Å². The molecule has 0 unspecified atom stereocenters. The molecule has 0 radical (unpaired) electrons. The van der Waals surface area contributed by atoms with Gasteiger partial charge in [0.25, 0.3) is 0 Å². The van der Waals surface area contributed by atoms with E-state index in [1.165, 1.54) is 0 Å². The first kappa shape index (κ1) is 18.9. The predicted octanol–water partition coefficient (Wildman–Crippen LogP) is 2.77. The molecule has 0 spiro atoms. The minimum absolute atomic E-state index is 0.0890. The van der Waals surface area contributed by atoms with E-state index in [0.717, 1.165) is 18.2 Å². The van der Waals surface area contributed by atoms with Gasteiger partial charge in [-0.15, -0.1) is 16.7 Å². The van der Waals surface area contributed by atoms with Gasteiger partial charge in [-0.2, -0.15) is 13.2 Å². The number of terminal acetylenes is 1. The van der Waals surface area contributed by atoms with Crippen molar-refractivity contribution in [3.05, 3.63) is 34.9 Å². The maximum absolute atomic E-state index is 13.1. The van der Waals surface area contributed by atoms with Gasteiger partial charge in [-0.1, -0.05) is 12.0 Å². The number of halogens is 3. The molecule has 2 rings (SSSR count). The first-order valence-corrected chi connectivity index (χ1v) is 7.28. The van der Waals surface area contributed by atoms with Gasteiger partial charge < -0.3 is 14.6 Å². The number of nitrogens with zero attached hydrogens (tertiary/aromatic N) is 2. The van der Waals surface area contributed by atoms with Gasteiger partial charge in [0, 0.05) is 5.56 Å². The summed E-state index contributed by atoms with van der Waals surface area (Å²) in [6.45, 7) is 0.781. The maximum atomic E-state index is 13.1. The first-order valence-electron chi connectivity index (χ1n) is 7.28. The lowest BCUT2D eigenvalue weighted by atomic mass is 9.95. The molecule has 1 aromatic rings. The van der Waals surface area contributed by atoms with Crippen LogP contribution >= 0.6 is 0 Å². The van der Waals surface area contributed by atoms with Crippen LogP contribution in [-0.4, -0.2) is 43.7 Å². The Kier molecular flexibility index (Phi) is 5.77. The highest BCUT2D eigenvalue weighted by Gasteiger charge is 2.65. The Morgan fingerprint density at radius 3 is 2.48 bits per heavy atom. The first-order chi connectivity index (χ1) is 11.8. The normalized spacial score (nSPS) is 15.0. The highest BCUT2D eigenvalue weighted by atomic mass is 19.4. The van der Waals surface area contributed by atoms with Crippen LogP contribution in [0.2, 0.25) is 0 Å². The fourth-order valence-electron chi connectivity index (χ4n) is 2.20. The second-order valence-electron chi connectivity index (χ2n) is 5.17. The molecule has 0 aliphatic carbocycles. The zero-order chi connectivity index (χ0) is 18.5. The SMILES string of the molecule is C#CCOCCOCCc1cc(C2(C(F)(F)F)N=N2)ccc1C(=O)O. The smallest absolute Gasteiger partial charge is 0.442 e. The van der Waals surface area contributed by atoms with Crippen LogP contribution < -0.4 is 0 Å². The third-order valence-corrected chi connectivity index (χ3v) is 3.51. The number of hydrogen-bond donors (Lipinski definition) is 1. The molecule has 0 aromatic heterocycles. The lowest BCUT2D eigenvalue weighted by Gasteiger charge is -2.16. The molecule has 0 atom stereocenters. The van der Waals surface area contributed by atoms with Crippen LogP contribution in [0.25, 0.3) is 0 Å². The summed E-state index contributed by atoms with van der Waals surface area (Å²) in [5.41, 5.74) is -2.66. The lowest BCUT2D eigenvalue weighted by Crippen LogP contribution is -2.30. The standard InChI is InChI=1S/C16H15F3N2O4/c1-2-6-24-8-9-25-7-5-11-10-12(3-4-13(11)14(22)23)15(20-21-15)16(17,18)19/h1,3-4,10H,5-9H2,(H,22,23). The summed E-state index contributed by atoms with van der Waals surface area (Å²) in [4.78, 5) is 11.3. The van der Waals surface area contributed by atoms with Crippen molar-refractivity contribution < 1.29 is 32.5 Å². The Morgan fingerprint density at radius 2 is 1.92 bits per heavy atom. The number of alkyl halides is 3.